The van der Waals surface area contributed by atoms with Crippen molar-refractivity contribution in [2.75, 3.05) is 0 Å². The van der Waals surface area contributed by atoms with Gasteiger partial charge in [-0.15, -0.1) is 0 Å². The Balaban J connectivity index is 1.86. The van der Waals surface area contributed by atoms with Gasteiger partial charge in [0, 0.05) is 12.6 Å². The molecule has 0 radical (unpaired) electrons. The molecule has 3 heteroatoms. The summed E-state index contributed by atoms with van der Waals surface area (Å²) in [7, 11) is 0. The van der Waals surface area contributed by atoms with Crippen molar-refractivity contribution < 1.29 is 9.47 Å². The third-order valence-electron chi connectivity index (χ3n) is 3.07. The first-order valence-corrected chi connectivity index (χ1v) is 6.33. The average molecular weight is 253 g/mol. The molecular formula is C16H15NO2. The van der Waals surface area contributed by atoms with Crippen LogP contribution in [0.5, 0.6) is 11.6 Å². The maximum absolute atomic E-state index is 5.86. The van der Waals surface area contributed by atoms with Crippen molar-refractivity contribution in [1.82, 2.24) is 4.98 Å². The van der Waals surface area contributed by atoms with E-state index in [1.807, 2.05) is 49.4 Å². The van der Waals surface area contributed by atoms with Crippen LogP contribution in [0.1, 0.15) is 23.7 Å². The zero-order valence-corrected chi connectivity index (χ0v) is 10.7. The van der Waals surface area contributed by atoms with Crippen LogP contribution < -0.4 is 4.74 Å². The molecule has 0 aliphatic carbocycles. The third-order valence-corrected chi connectivity index (χ3v) is 3.07. The van der Waals surface area contributed by atoms with Gasteiger partial charge in [0.25, 0.3) is 0 Å². The third kappa shape index (κ3) is 2.60. The van der Waals surface area contributed by atoms with E-state index in [1.54, 1.807) is 12.5 Å². The van der Waals surface area contributed by atoms with Crippen LogP contribution in [0.4, 0.5) is 0 Å². The molecule has 0 N–H and O–H groups in total. The van der Waals surface area contributed by atoms with Gasteiger partial charge in [-0.25, -0.2) is 4.98 Å². The summed E-state index contributed by atoms with van der Waals surface area (Å²) in [5.74, 6) is 1.40. The molecule has 0 amide bonds. The number of ether oxygens (including phenoxy) is 2. The van der Waals surface area contributed by atoms with Crippen LogP contribution in [0.3, 0.4) is 0 Å². The average Bonchev–Trinajstić information content (AvgIpc) is 2.96. The van der Waals surface area contributed by atoms with E-state index in [4.69, 9.17) is 9.47 Å². The van der Waals surface area contributed by atoms with Gasteiger partial charge in [0.1, 0.15) is 11.9 Å². The molecule has 0 saturated heterocycles. The lowest BCUT2D eigenvalue weighted by atomic mass is 10.1. The fourth-order valence-corrected chi connectivity index (χ4v) is 2.04. The van der Waals surface area contributed by atoms with Crippen LogP contribution in [-0.2, 0) is 4.74 Å². The molecule has 1 unspecified atom stereocenters. The first kappa shape index (κ1) is 11.8. The first-order chi connectivity index (χ1) is 9.33. The maximum atomic E-state index is 5.86. The number of aryl methyl sites for hydroxylation is 1. The zero-order valence-electron chi connectivity index (χ0n) is 10.7. The second kappa shape index (κ2) is 5.14. The number of hydrogen-bond acceptors (Lipinski definition) is 3. The molecule has 1 atom stereocenters. The first-order valence-electron chi connectivity index (χ1n) is 6.33. The lowest BCUT2D eigenvalue weighted by Gasteiger charge is -2.14. The second-order valence-corrected chi connectivity index (χ2v) is 4.55. The molecule has 19 heavy (non-hydrogen) atoms. The highest BCUT2D eigenvalue weighted by molar-refractivity contribution is 5.35. The summed E-state index contributed by atoms with van der Waals surface area (Å²) in [5.41, 5.74) is 2.19. The molecule has 0 fully saturated rings. The fraction of sp³-hybridized carbons (Fsp3) is 0.188. The van der Waals surface area contributed by atoms with Gasteiger partial charge in [-0.05, 0) is 37.3 Å². The summed E-state index contributed by atoms with van der Waals surface area (Å²) >= 11 is 0. The van der Waals surface area contributed by atoms with E-state index in [1.165, 1.54) is 5.56 Å². The molecule has 1 aromatic heterocycles. The van der Waals surface area contributed by atoms with Gasteiger partial charge in [0.15, 0.2) is 0 Å². The van der Waals surface area contributed by atoms with Crippen molar-refractivity contribution in [2.24, 2.45) is 0 Å². The van der Waals surface area contributed by atoms with Crippen molar-refractivity contribution >= 4 is 0 Å². The Hall–Kier alpha value is -2.29. The van der Waals surface area contributed by atoms with E-state index in [-0.39, 0.29) is 6.10 Å². The Morgan fingerprint density at radius 2 is 2.05 bits per heavy atom. The topological polar surface area (TPSA) is 31.4 Å². The normalized spacial score (nSPS) is 17.2. The summed E-state index contributed by atoms with van der Waals surface area (Å²) < 4.78 is 11.4. The molecular weight excluding hydrogens is 238 g/mol. The quantitative estimate of drug-likeness (QED) is 0.823. The van der Waals surface area contributed by atoms with E-state index in [2.05, 4.69) is 4.98 Å². The molecule has 1 aliphatic heterocycles. The molecule has 2 aromatic rings. The van der Waals surface area contributed by atoms with Crippen LogP contribution in [-0.4, -0.2) is 4.98 Å². The number of pyridine rings is 1. The van der Waals surface area contributed by atoms with Crippen LogP contribution in [0.25, 0.3) is 0 Å². The zero-order chi connectivity index (χ0) is 13.1. The predicted octanol–water partition coefficient (Wildman–Crippen LogP) is 4.16. The minimum absolute atomic E-state index is 0.00847. The Morgan fingerprint density at radius 3 is 2.79 bits per heavy atom. The number of nitrogens with zero attached hydrogens (tertiary/aromatic N) is 1. The lowest BCUT2D eigenvalue weighted by molar-refractivity contribution is 0.169. The smallest absolute Gasteiger partial charge is 0.226 e. The van der Waals surface area contributed by atoms with Crippen LogP contribution >= 0.6 is 0 Å². The molecule has 1 aliphatic rings. The molecule has 0 saturated carbocycles. The number of hydrogen-bond donors (Lipinski definition) is 0. The van der Waals surface area contributed by atoms with Gasteiger partial charge >= 0.3 is 0 Å². The van der Waals surface area contributed by atoms with E-state index < -0.39 is 0 Å². The van der Waals surface area contributed by atoms with E-state index >= 15 is 0 Å². The number of aromatic nitrogens is 1. The second-order valence-electron chi connectivity index (χ2n) is 4.55. The summed E-state index contributed by atoms with van der Waals surface area (Å²) in [4.78, 5) is 4.31. The van der Waals surface area contributed by atoms with E-state index in [0.29, 0.717) is 5.88 Å². The van der Waals surface area contributed by atoms with Gasteiger partial charge in [0.2, 0.25) is 5.88 Å². The molecule has 2 heterocycles. The fourth-order valence-electron chi connectivity index (χ4n) is 2.04. The van der Waals surface area contributed by atoms with Gasteiger partial charge in [-0.2, -0.15) is 0 Å². The molecule has 1 aromatic carbocycles. The monoisotopic (exact) mass is 253 g/mol. The minimum atomic E-state index is 0.00847. The standard InChI is InChI=1S/C16H15NO2/c1-12-6-8-13(9-7-12)19-16-14(4-2-10-17-16)15-5-3-11-18-15/h2-4,6-11,15H,5H2,1H3. The van der Waals surface area contributed by atoms with Gasteiger partial charge in [0.05, 0.1) is 11.8 Å². The van der Waals surface area contributed by atoms with Crippen molar-refractivity contribution in [1.29, 1.82) is 0 Å². The molecule has 0 spiro atoms. The van der Waals surface area contributed by atoms with Crippen LogP contribution in [0.15, 0.2) is 54.9 Å². The molecule has 3 rings (SSSR count). The lowest BCUT2D eigenvalue weighted by Crippen LogP contribution is -2.00. The summed E-state index contributed by atoms with van der Waals surface area (Å²) in [6.07, 6.45) is 6.33. The van der Waals surface area contributed by atoms with E-state index in [9.17, 15) is 0 Å². The highest BCUT2D eigenvalue weighted by Crippen LogP contribution is 2.34. The van der Waals surface area contributed by atoms with Crippen LogP contribution in [0.2, 0.25) is 0 Å². The maximum Gasteiger partial charge on any atom is 0.226 e. The predicted molar refractivity (Wildman–Crippen MR) is 73.1 cm³/mol. The summed E-state index contributed by atoms with van der Waals surface area (Å²) in [6.45, 7) is 2.05. The Bertz CT molecular complexity index is 582. The summed E-state index contributed by atoms with van der Waals surface area (Å²) in [5, 5.41) is 0. The van der Waals surface area contributed by atoms with Gasteiger partial charge in [-0.1, -0.05) is 17.7 Å². The van der Waals surface area contributed by atoms with E-state index in [0.717, 1.165) is 17.7 Å². The highest BCUT2D eigenvalue weighted by Gasteiger charge is 2.19. The summed E-state index contributed by atoms with van der Waals surface area (Å²) in [6, 6.07) is 11.8. The molecule has 3 nitrogen and oxygen atoms in total. The minimum Gasteiger partial charge on any atom is -0.493 e. The highest BCUT2D eigenvalue weighted by atomic mass is 16.5. The van der Waals surface area contributed by atoms with Crippen molar-refractivity contribution in [3.05, 3.63) is 66.1 Å². The largest absolute Gasteiger partial charge is 0.493 e. The Labute approximate surface area is 112 Å². The Kier molecular flexibility index (Phi) is 3.19. The Morgan fingerprint density at radius 1 is 1.21 bits per heavy atom. The number of rotatable bonds is 3. The van der Waals surface area contributed by atoms with Crippen molar-refractivity contribution in [3.8, 4) is 11.6 Å². The number of benzene rings is 1. The molecule has 96 valence electrons. The van der Waals surface area contributed by atoms with Crippen molar-refractivity contribution in [3.63, 3.8) is 0 Å². The van der Waals surface area contributed by atoms with Gasteiger partial charge < -0.3 is 9.47 Å². The van der Waals surface area contributed by atoms with Gasteiger partial charge in [-0.3, -0.25) is 0 Å². The molecule has 0 bridgehead atoms. The van der Waals surface area contributed by atoms with Crippen molar-refractivity contribution in [2.45, 2.75) is 19.4 Å². The van der Waals surface area contributed by atoms with Crippen LogP contribution in [0, 0.1) is 6.92 Å². The SMILES string of the molecule is Cc1ccc(Oc2ncccc2C2CC=CO2)cc1.